The number of aromatic nitrogens is 3. The van der Waals surface area contributed by atoms with Gasteiger partial charge in [-0.15, -0.1) is 5.10 Å². The summed E-state index contributed by atoms with van der Waals surface area (Å²) in [7, 11) is 0. The fraction of sp³-hybridized carbons (Fsp3) is 0.625. The zero-order valence-electron chi connectivity index (χ0n) is 9.01. The average Bonchev–Trinajstić information content (AvgIpc) is 2.66. The van der Waals surface area contributed by atoms with E-state index in [-0.39, 0.29) is 0 Å². The van der Waals surface area contributed by atoms with Crippen LogP contribution in [0.25, 0.3) is 0 Å². The van der Waals surface area contributed by atoms with Crippen molar-refractivity contribution in [3.63, 3.8) is 0 Å². The molecule has 0 fully saturated rings. The molecule has 0 aliphatic carbocycles. The first kappa shape index (κ1) is 13.4. The molecule has 1 amide bonds. The highest BCUT2D eigenvalue weighted by Crippen LogP contribution is 2.26. The number of halogens is 3. The van der Waals surface area contributed by atoms with Crippen LogP contribution in [-0.4, -0.2) is 27.1 Å². The summed E-state index contributed by atoms with van der Waals surface area (Å²) in [6.45, 7) is 1.84. The third-order valence-corrected chi connectivity index (χ3v) is 1.93. The third-order valence-electron chi connectivity index (χ3n) is 1.93. The minimum Gasteiger partial charge on any atom is -0.320 e. The number of carbonyl (C=O) groups is 1. The zero-order chi connectivity index (χ0) is 13.1. The first-order chi connectivity index (χ1) is 7.84. The Bertz CT molecular complexity index is 389. The summed E-state index contributed by atoms with van der Waals surface area (Å²) >= 11 is 0. The largest absolute Gasteiger partial charge is 0.451 e. The van der Waals surface area contributed by atoms with E-state index in [1.807, 2.05) is 6.92 Å². The molecule has 1 aromatic rings. The molecular weight excluding hydrogens is 239 g/mol. The highest BCUT2D eigenvalue weighted by molar-refractivity contribution is 5.93. The Morgan fingerprint density at radius 2 is 2.24 bits per heavy atom. The fourth-order valence-electron chi connectivity index (χ4n) is 1.09. The van der Waals surface area contributed by atoms with E-state index in [2.05, 4.69) is 15.4 Å². The normalized spacial score (nSPS) is 13.5. The van der Waals surface area contributed by atoms with Crippen LogP contribution in [0.4, 0.5) is 19.1 Å². The molecule has 4 N–H and O–H groups in total. The molecule has 1 unspecified atom stereocenters. The van der Waals surface area contributed by atoms with Crippen LogP contribution >= 0.6 is 0 Å². The molecule has 0 spiro atoms. The van der Waals surface area contributed by atoms with Gasteiger partial charge >= 0.3 is 6.18 Å². The van der Waals surface area contributed by atoms with Crippen LogP contribution in [0, 0.1) is 0 Å². The molecule has 17 heavy (non-hydrogen) atoms. The molecule has 1 aromatic heterocycles. The van der Waals surface area contributed by atoms with Crippen molar-refractivity contribution in [1.29, 1.82) is 0 Å². The van der Waals surface area contributed by atoms with E-state index >= 15 is 0 Å². The van der Waals surface area contributed by atoms with E-state index in [1.54, 1.807) is 5.10 Å². The van der Waals surface area contributed by atoms with Crippen LogP contribution in [0.1, 0.15) is 25.6 Å². The fourth-order valence-corrected chi connectivity index (χ4v) is 1.09. The Morgan fingerprint density at radius 3 is 2.71 bits per heavy atom. The number of carbonyl (C=O) groups excluding carboxylic acids is 1. The van der Waals surface area contributed by atoms with Crippen molar-refractivity contribution in [1.82, 2.24) is 15.2 Å². The van der Waals surface area contributed by atoms with Crippen molar-refractivity contribution in [2.75, 3.05) is 5.32 Å². The first-order valence-electron chi connectivity index (χ1n) is 4.90. The molecule has 0 radical (unpaired) electrons. The summed E-state index contributed by atoms with van der Waals surface area (Å²) in [5.74, 6) is -2.31. The average molecular weight is 251 g/mol. The summed E-state index contributed by atoms with van der Waals surface area (Å²) in [5, 5.41) is 7.00. The van der Waals surface area contributed by atoms with Crippen LogP contribution in [0.2, 0.25) is 0 Å². The van der Waals surface area contributed by atoms with Gasteiger partial charge in [-0.1, -0.05) is 13.3 Å². The predicted octanol–water partition coefficient (Wildman–Crippen LogP) is 0.889. The van der Waals surface area contributed by atoms with E-state index in [0.29, 0.717) is 12.8 Å². The second-order valence-corrected chi connectivity index (χ2v) is 3.39. The van der Waals surface area contributed by atoms with Gasteiger partial charge in [0.2, 0.25) is 17.7 Å². The molecule has 1 rings (SSSR count). The summed E-state index contributed by atoms with van der Waals surface area (Å²) < 4.78 is 36.4. The maximum absolute atomic E-state index is 12.1. The Balaban J connectivity index is 2.64. The van der Waals surface area contributed by atoms with E-state index in [1.165, 1.54) is 0 Å². The number of aromatic amines is 1. The van der Waals surface area contributed by atoms with Gasteiger partial charge in [-0.05, 0) is 6.42 Å². The van der Waals surface area contributed by atoms with Gasteiger partial charge in [0.1, 0.15) is 0 Å². The number of hydrogen-bond acceptors (Lipinski definition) is 4. The van der Waals surface area contributed by atoms with Crippen LogP contribution in [0.15, 0.2) is 0 Å². The maximum Gasteiger partial charge on any atom is 0.451 e. The molecule has 6 nitrogen and oxygen atoms in total. The number of nitrogens with one attached hydrogen (secondary N) is 2. The Morgan fingerprint density at radius 1 is 1.59 bits per heavy atom. The number of rotatable bonds is 4. The lowest BCUT2D eigenvalue weighted by molar-refractivity contribution is -0.144. The number of hydrogen-bond donors (Lipinski definition) is 3. The maximum atomic E-state index is 12.1. The van der Waals surface area contributed by atoms with Gasteiger partial charge < -0.3 is 5.73 Å². The number of nitrogens with zero attached hydrogens (tertiary/aromatic N) is 2. The van der Waals surface area contributed by atoms with Gasteiger partial charge in [0, 0.05) is 0 Å². The van der Waals surface area contributed by atoms with Crippen LogP contribution in [0.3, 0.4) is 0 Å². The molecule has 0 aliphatic heterocycles. The lowest BCUT2D eigenvalue weighted by Gasteiger charge is -2.08. The highest BCUT2D eigenvalue weighted by atomic mass is 19.4. The Labute approximate surface area is 94.8 Å². The topological polar surface area (TPSA) is 96.7 Å². The number of alkyl halides is 3. The van der Waals surface area contributed by atoms with Gasteiger partial charge in [-0.3, -0.25) is 15.2 Å². The lowest BCUT2D eigenvalue weighted by atomic mass is 10.2. The molecule has 0 bridgehead atoms. The van der Waals surface area contributed by atoms with E-state index in [4.69, 9.17) is 5.73 Å². The molecule has 0 saturated heterocycles. The van der Waals surface area contributed by atoms with Crippen LogP contribution in [0.5, 0.6) is 0 Å². The molecule has 1 heterocycles. The van der Waals surface area contributed by atoms with Gasteiger partial charge in [-0.25, -0.2) is 0 Å². The van der Waals surface area contributed by atoms with Gasteiger partial charge in [0.05, 0.1) is 6.04 Å². The standard InChI is InChI=1S/C8H12F3N5O/c1-2-3-4(12)5(17)13-7-14-6(15-16-7)8(9,10)11/h4H,2-3,12H2,1H3,(H2,13,14,15,16,17). The van der Waals surface area contributed by atoms with Crippen LogP contribution in [-0.2, 0) is 11.0 Å². The third kappa shape index (κ3) is 3.70. The number of anilines is 1. The number of amides is 1. The summed E-state index contributed by atoms with van der Waals surface area (Å²) in [6.07, 6.45) is -3.50. The van der Waals surface area contributed by atoms with Gasteiger partial charge in [0.15, 0.2) is 0 Å². The summed E-state index contributed by atoms with van der Waals surface area (Å²) in [4.78, 5) is 14.4. The smallest absolute Gasteiger partial charge is 0.320 e. The van der Waals surface area contributed by atoms with E-state index < -0.39 is 29.9 Å². The first-order valence-corrected chi connectivity index (χ1v) is 4.90. The molecule has 9 heteroatoms. The van der Waals surface area contributed by atoms with Crippen molar-refractivity contribution in [3.8, 4) is 0 Å². The van der Waals surface area contributed by atoms with Crippen LogP contribution < -0.4 is 11.1 Å². The number of H-pyrrole nitrogens is 1. The summed E-state index contributed by atoms with van der Waals surface area (Å²) in [6, 6.07) is -0.784. The van der Waals surface area contributed by atoms with E-state index in [0.717, 1.165) is 0 Å². The van der Waals surface area contributed by atoms with Gasteiger partial charge in [0.25, 0.3) is 0 Å². The highest BCUT2D eigenvalue weighted by Gasteiger charge is 2.35. The number of nitrogens with two attached hydrogens (primary N) is 1. The van der Waals surface area contributed by atoms with Crippen molar-refractivity contribution < 1.29 is 18.0 Å². The molecule has 0 aliphatic rings. The molecule has 0 saturated carbocycles. The Kier molecular flexibility index (Phi) is 4.05. The monoisotopic (exact) mass is 251 g/mol. The minimum atomic E-state index is -4.62. The van der Waals surface area contributed by atoms with Crippen molar-refractivity contribution in [3.05, 3.63) is 5.82 Å². The summed E-state index contributed by atoms with van der Waals surface area (Å²) in [5.41, 5.74) is 5.47. The molecule has 96 valence electrons. The molecule has 0 aromatic carbocycles. The van der Waals surface area contributed by atoms with Crippen molar-refractivity contribution >= 4 is 11.9 Å². The quantitative estimate of drug-likeness (QED) is 0.740. The van der Waals surface area contributed by atoms with Crippen molar-refractivity contribution in [2.24, 2.45) is 5.73 Å². The second kappa shape index (κ2) is 5.13. The molecular formula is C8H12F3N5O. The zero-order valence-corrected chi connectivity index (χ0v) is 9.01. The van der Waals surface area contributed by atoms with E-state index in [9.17, 15) is 18.0 Å². The molecule has 1 atom stereocenters. The second-order valence-electron chi connectivity index (χ2n) is 3.39. The predicted molar refractivity (Wildman–Crippen MR) is 52.9 cm³/mol. The lowest BCUT2D eigenvalue weighted by Crippen LogP contribution is -2.35. The van der Waals surface area contributed by atoms with Crippen molar-refractivity contribution in [2.45, 2.75) is 32.0 Å². The Hall–Kier alpha value is -1.64. The SMILES string of the molecule is CCCC(N)C(=O)Nc1n[nH]c(C(F)(F)F)n1. The minimum absolute atomic E-state index is 0.433. The van der Waals surface area contributed by atoms with Gasteiger partial charge in [-0.2, -0.15) is 18.2 Å².